The fourth-order valence-electron chi connectivity index (χ4n) is 2.71. The molecule has 0 spiro atoms. The third-order valence-electron chi connectivity index (χ3n) is 4.72. The van der Waals surface area contributed by atoms with Gasteiger partial charge in [-0.05, 0) is 67.4 Å². The summed E-state index contributed by atoms with van der Waals surface area (Å²) in [5.41, 5.74) is 8.12. The van der Waals surface area contributed by atoms with E-state index in [1.165, 1.54) is 33.4 Å². The van der Waals surface area contributed by atoms with Crippen LogP contribution in [0.25, 0.3) is 11.4 Å². The van der Waals surface area contributed by atoms with Crippen molar-refractivity contribution in [3.05, 3.63) is 33.6 Å². The van der Waals surface area contributed by atoms with Gasteiger partial charge < -0.3 is 0 Å². The molecule has 1 heterocycles. The maximum absolute atomic E-state index is 4.74. The Balaban J connectivity index is 2.87. The molecule has 3 nitrogen and oxygen atoms in total. The molecule has 2 aromatic rings. The van der Waals surface area contributed by atoms with Gasteiger partial charge in [0.2, 0.25) is 0 Å². The van der Waals surface area contributed by atoms with Crippen LogP contribution in [-0.4, -0.2) is 9.67 Å². The predicted molar refractivity (Wildman–Crippen MR) is 78.2 cm³/mol. The Morgan fingerprint density at radius 1 is 0.789 bits per heavy atom. The summed E-state index contributed by atoms with van der Waals surface area (Å²) in [5.74, 6) is 2.09. The normalized spacial score (nSPS) is 11.2. The first kappa shape index (κ1) is 13.8. The highest BCUT2D eigenvalue weighted by atomic mass is 15.4. The molecule has 0 aliphatic carbocycles. The predicted octanol–water partition coefficient (Wildman–Crippen LogP) is 2.76. The second kappa shape index (κ2) is 4.48. The number of hydrogen-bond donors (Lipinski definition) is 0. The van der Waals surface area contributed by atoms with Gasteiger partial charge in [0.05, 0.1) is 12.6 Å². The van der Waals surface area contributed by atoms with Gasteiger partial charge in [-0.25, -0.2) is 0 Å². The molecule has 0 N–H and O–H groups in total. The number of benzene rings is 1. The maximum Gasteiger partial charge on any atom is 0.351 e. The number of aromatic nitrogens is 3. The average Bonchev–Trinajstić information content (AvgIpc) is 2.62. The van der Waals surface area contributed by atoms with Crippen molar-refractivity contribution in [3.8, 4) is 11.4 Å². The summed E-state index contributed by atoms with van der Waals surface area (Å²) in [6.07, 6.45) is 0. The van der Waals surface area contributed by atoms with Crippen molar-refractivity contribution in [1.82, 2.24) is 9.67 Å². The van der Waals surface area contributed by atoms with E-state index in [1.807, 2.05) is 14.0 Å². The molecule has 0 amide bonds. The van der Waals surface area contributed by atoms with E-state index < -0.39 is 0 Å². The zero-order valence-electron chi connectivity index (χ0n) is 13.3. The summed E-state index contributed by atoms with van der Waals surface area (Å²) in [4.78, 5) is 4.74. The van der Waals surface area contributed by atoms with E-state index in [9.17, 15) is 0 Å². The van der Waals surface area contributed by atoms with Crippen molar-refractivity contribution in [2.75, 3.05) is 0 Å². The molecule has 1 aromatic carbocycles. The lowest BCUT2D eigenvalue weighted by molar-refractivity contribution is -0.742. The summed E-state index contributed by atoms with van der Waals surface area (Å²) in [7, 11) is 4.11. The van der Waals surface area contributed by atoms with E-state index in [0.29, 0.717) is 0 Å². The average molecular weight is 258 g/mol. The van der Waals surface area contributed by atoms with Crippen molar-refractivity contribution < 1.29 is 4.68 Å². The van der Waals surface area contributed by atoms with Gasteiger partial charge >= 0.3 is 5.82 Å². The molecule has 0 unspecified atom stereocenters. The van der Waals surface area contributed by atoms with Gasteiger partial charge in [-0.15, -0.1) is 0 Å². The van der Waals surface area contributed by atoms with Crippen LogP contribution in [0.15, 0.2) is 0 Å². The van der Waals surface area contributed by atoms with Crippen LogP contribution < -0.4 is 4.68 Å². The van der Waals surface area contributed by atoms with Crippen molar-refractivity contribution in [1.29, 1.82) is 0 Å². The van der Waals surface area contributed by atoms with E-state index in [-0.39, 0.29) is 0 Å². The summed E-state index contributed by atoms with van der Waals surface area (Å²) >= 11 is 0. The molecule has 0 fully saturated rings. The standard InChI is InChI=1S/C16H24N3/c1-9-10(2)12(4)15(13(5)11(9)3)16-17-14(6)18(7)19(16)8/h1-8H3/q+1. The summed E-state index contributed by atoms with van der Waals surface area (Å²) in [6.45, 7) is 13.1. The zero-order valence-corrected chi connectivity index (χ0v) is 13.3. The van der Waals surface area contributed by atoms with Gasteiger partial charge in [0.25, 0.3) is 5.82 Å². The SMILES string of the molecule is Cc1c(C)c(C)c(-c2nc(C)n(C)[n+]2C)c(C)c1C. The minimum atomic E-state index is 1.03. The maximum atomic E-state index is 4.74. The second-order valence-electron chi connectivity index (χ2n) is 5.53. The van der Waals surface area contributed by atoms with Crippen LogP contribution >= 0.6 is 0 Å². The topological polar surface area (TPSA) is 21.7 Å². The zero-order chi connectivity index (χ0) is 14.5. The van der Waals surface area contributed by atoms with Gasteiger partial charge in [0.15, 0.2) is 0 Å². The fourth-order valence-corrected chi connectivity index (χ4v) is 2.71. The monoisotopic (exact) mass is 258 g/mol. The molecule has 0 aliphatic heterocycles. The Morgan fingerprint density at radius 3 is 1.58 bits per heavy atom. The molecule has 102 valence electrons. The van der Waals surface area contributed by atoms with Crippen LogP contribution in [0.3, 0.4) is 0 Å². The molecule has 0 saturated heterocycles. The first-order valence-electron chi connectivity index (χ1n) is 6.74. The third kappa shape index (κ3) is 1.88. The number of rotatable bonds is 1. The molecule has 0 bridgehead atoms. The number of aryl methyl sites for hydroxylation is 1. The molecular formula is C16H24N3+. The van der Waals surface area contributed by atoms with Crippen LogP contribution in [0.5, 0.6) is 0 Å². The lowest BCUT2D eigenvalue weighted by Crippen LogP contribution is -2.39. The van der Waals surface area contributed by atoms with Gasteiger partial charge in [0, 0.05) is 6.92 Å². The number of nitrogens with zero attached hydrogens (tertiary/aromatic N) is 3. The Bertz CT molecular complexity index is 634. The molecule has 3 heteroatoms. The highest BCUT2D eigenvalue weighted by molar-refractivity contribution is 5.68. The largest absolute Gasteiger partial charge is 0.351 e. The van der Waals surface area contributed by atoms with Gasteiger partial charge in [-0.2, -0.15) is 9.36 Å². The van der Waals surface area contributed by atoms with Crippen molar-refractivity contribution in [2.24, 2.45) is 14.1 Å². The minimum absolute atomic E-state index is 1.03. The fraction of sp³-hybridized carbons (Fsp3) is 0.500. The third-order valence-corrected chi connectivity index (χ3v) is 4.72. The van der Waals surface area contributed by atoms with Gasteiger partial charge in [0.1, 0.15) is 7.05 Å². The van der Waals surface area contributed by atoms with E-state index in [4.69, 9.17) is 4.98 Å². The highest BCUT2D eigenvalue weighted by Crippen LogP contribution is 2.31. The molecule has 2 rings (SSSR count). The Hall–Kier alpha value is -1.64. The first-order valence-corrected chi connectivity index (χ1v) is 6.74. The van der Waals surface area contributed by atoms with Gasteiger partial charge in [-0.1, -0.05) is 0 Å². The lowest BCUT2D eigenvalue weighted by Gasteiger charge is -2.15. The summed E-state index contributed by atoms with van der Waals surface area (Å²) < 4.78 is 4.21. The molecule has 1 aromatic heterocycles. The van der Waals surface area contributed by atoms with Crippen LogP contribution in [-0.2, 0) is 14.1 Å². The highest BCUT2D eigenvalue weighted by Gasteiger charge is 2.25. The molecule has 0 atom stereocenters. The van der Waals surface area contributed by atoms with Crippen molar-refractivity contribution in [2.45, 2.75) is 41.5 Å². The number of hydrogen-bond acceptors (Lipinski definition) is 1. The first-order chi connectivity index (χ1) is 8.77. The summed E-state index contributed by atoms with van der Waals surface area (Å²) in [5, 5.41) is 0. The van der Waals surface area contributed by atoms with Gasteiger partial charge in [-0.3, -0.25) is 0 Å². The van der Waals surface area contributed by atoms with E-state index in [2.05, 4.69) is 51.0 Å². The smallest absolute Gasteiger partial charge is 0.182 e. The lowest BCUT2D eigenvalue weighted by atomic mass is 9.89. The van der Waals surface area contributed by atoms with Crippen LogP contribution in [0.2, 0.25) is 0 Å². The Kier molecular flexibility index (Phi) is 3.25. The van der Waals surface area contributed by atoms with E-state index in [0.717, 1.165) is 11.6 Å². The molecular weight excluding hydrogens is 234 g/mol. The van der Waals surface area contributed by atoms with E-state index in [1.54, 1.807) is 0 Å². The molecule has 0 aliphatic rings. The van der Waals surface area contributed by atoms with Crippen molar-refractivity contribution >= 4 is 0 Å². The Morgan fingerprint density at radius 2 is 1.21 bits per heavy atom. The second-order valence-corrected chi connectivity index (χ2v) is 5.53. The van der Waals surface area contributed by atoms with Crippen LogP contribution in [0.4, 0.5) is 0 Å². The Labute approximate surface area is 115 Å². The molecule has 19 heavy (non-hydrogen) atoms. The van der Waals surface area contributed by atoms with Crippen molar-refractivity contribution in [3.63, 3.8) is 0 Å². The molecule has 0 radical (unpaired) electrons. The molecule has 0 saturated carbocycles. The minimum Gasteiger partial charge on any atom is -0.182 e. The van der Waals surface area contributed by atoms with Crippen LogP contribution in [0, 0.1) is 41.5 Å². The van der Waals surface area contributed by atoms with E-state index >= 15 is 0 Å². The van der Waals surface area contributed by atoms with Crippen LogP contribution in [0.1, 0.15) is 33.6 Å². The summed E-state index contributed by atoms with van der Waals surface area (Å²) in [6, 6.07) is 0. The quantitative estimate of drug-likeness (QED) is 0.721.